The van der Waals surface area contributed by atoms with Crippen LogP contribution in [0.1, 0.15) is 75.6 Å². The fourth-order valence-electron chi connectivity index (χ4n) is 9.98. The van der Waals surface area contributed by atoms with Gasteiger partial charge in [0.1, 0.15) is 42.4 Å². The number of pyridine rings is 1. The highest BCUT2D eigenvalue weighted by atomic mass is 16.5. The number of carbonyl (C=O) groups excluding carboxylic acids is 1. The van der Waals surface area contributed by atoms with Gasteiger partial charge in [0.25, 0.3) is 16.7 Å². The summed E-state index contributed by atoms with van der Waals surface area (Å²) in [4.78, 5) is 70.4. The lowest BCUT2D eigenvalue weighted by Crippen LogP contribution is -2.45. The Morgan fingerprint density at radius 3 is 1.68 bits per heavy atom. The van der Waals surface area contributed by atoms with Crippen molar-refractivity contribution < 1.29 is 37.3 Å². The maximum Gasteiger partial charge on any atom is 0.341 e. The Bertz CT molecular complexity index is 4500. The third kappa shape index (κ3) is 16.1. The van der Waals surface area contributed by atoms with Crippen LogP contribution in [0.15, 0.2) is 156 Å². The van der Waals surface area contributed by atoms with E-state index in [0.29, 0.717) is 76.0 Å². The molecule has 8 heterocycles. The first-order valence-corrected chi connectivity index (χ1v) is 29.4. The second kappa shape index (κ2) is 30.5. The van der Waals surface area contributed by atoms with Crippen LogP contribution < -0.4 is 35.8 Å². The monoisotopic (exact) mass is 1250 g/mol. The van der Waals surface area contributed by atoms with Crippen molar-refractivity contribution in [2.24, 2.45) is 0 Å². The van der Waals surface area contributed by atoms with Gasteiger partial charge in [-0.1, -0.05) is 51.4 Å². The molecule has 0 saturated carbocycles. The number of nitrogens with zero attached hydrogens (tertiary/aromatic N) is 15. The molecule has 1 saturated heterocycles. The van der Waals surface area contributed by atoms with Crippen molar-refractivity contribution in [2.75, 3.05) is 60.0 Å². The number of piperidine rings is 1. The van der Waals surface area contributed by atoms with Crippen LogP contribution in [0.3, 0.4) is 0 Å². The molecule has 92 heavy (non-hydrogen) atoms. The predicted molar refractivity (Wildman–Crippen MR) is 342 cm³/mol. The summed E-state index contributed by atoms with van der Waals surface area (Å²) in [5.41, 5.74) is 8.56. The molecule has 0 amide bonds. The molecule has 7 aromatic heterocycles. The number of likely N-dealkylation sites (N-methyl/N-ethyl adjacent to an activating group) is 1. The summed E-state index contributed by atoms with van der Waals surface area (Å²) >= 11 is 0. The number of fused-ring (bicyclic) bond motifs is 1. The zero-order valence-corrected chi connectivity index (χ0v) is 53.1. The number of hydrogen-bond acceptors (Lipinski definition) is 23. The normalized spacial score (nSPS) is 12.7. The molecule has 476 valence electrons. The topological polar surface area (TPSA) is 295 Å². The number of rotatable bonds is 16. The maximum atomic E-state index is 12.6. The fraction of sp³-hybridized carbons (Fsp3) is 0.303. The van der Waals surface area contributed by atoms with E-state index in [9.17, 15) is 19.2 Å². The molecule has 0 spiro atoms. The van der Waals surface area contributed by atoms with Crippen LogP contribution >= 0.6 is 0 Å². The van der Waals surface area contributed by atoms with E-state index in [4.69, 9.17) is 32.5 Å². The number of para-hydroxylation sites is 2. The molecule has 11 aromatic rings. The average molecular weight is 1250 g/mol. The molecule has 1 fully saturated rings. The number of esters is 1. The summed E-state index contributed by atoms with van der Waals surface area (Å²) in [5, 5.41) is 24.9. The van der Waals surface area contributed by atoms with Gasteiger partial charge in [-0.05, 0) is 146 Å². The number of hydrogen-bond donors (Lipinski definition) is 0. The van der Waals surface area contributed by atoms with Crippen molar-refractivity contribution >= 4 is 22.6 Å². The zero-order valence-electron chi connectivity index (χ0n) is 53.1. The lowest BCUT2D eigenvalue weighted by atomic mass is 9.99. The Kier molecular flexibility index (Phi) is 21.7. The summed E-state index contributed by atoms with van der Waals surface area (Å²) in [7, 11) is 9.01. The molecule has 0 aliphatic carbocycles. The van der Waals surface area contributed by atoms with E-state index in [0.717, 1.165) is 69.7 Å². The number of ether oxygens (including phenoxy) is 4. The minimum Gasteiger partial charge on any atom is -0.497 e. The van der Waals surface area contributed by atoms with E-state index in [2.05, 4.69) is 101 Å². The second-order valence-electron chi connectivity index (χ2n) is 21.6. The Hall–Kier alpha value is -11.0. The van der Waals surface area contributed by atoms with Gasteiger partial charge in [-0.25, -0.2) is 18.8 Å². The van der Waals surface area contributed by atoms with Crippen molar-refractivity contribution in [1.82, 2.24) is 69.6 Å². The minimum atomic E-state index is -0.289. The fourth-order valence-corrected chi connectivity index (χ4v) is 9.98. The van der Waals surface area contributed by atoms with Crippen molar-refractivity contribution in [1.29, 1.82) is 0 Å². The minimum absolute atomic E-state index is 0.126. The van der Waals surface area contributed by atoms with Gasteiger partial charge in [0.05, 0.1) is 56.5 Å². The van der Waals surface area contributed by atoms with E-state index in [1.807, 2.05) is 86.6 Å². The van der Waals surface area contributed by atoms with E-state index in [1.165, 1.54) is 32.1 Å². The van der Waals surface area contributed by atoms with E-state index in [1.54, 1.807) is 72.1 Å². The molecule has 12 rings (SSSR count). The summed E-state index contributed by atoms with van der Waals surface area (Å²) in [6.45, 7) is 13.9. The van der Waals surface area contributed by atoms with Crippen LogP contribution in [-0.4, -0.2) is 137 Å². The number of carbonyl (C=O) groups is 1. The molecule has 1 aliphatic heterocycles. The lowest BCUT2D eigenvalue weighted by molar-refractivity contribution is 0.0526. The number of methoxy groups -OCH3 is 3. The van der Waals surface area contributed by atoms with Gasteiger partial charge in [-0.15, -0.1) is 0 Å². The van der Waals surface area contributed by atoms with E-state index in [-0.39, 0.29) is 42.3 Å². The van der Waals surface area contributed by atoms with Crippen LogP contribution in [0, 0.1) is 34.6 Å². The first-order valence-electron chi connectivity index (χ1n) is 29.4. The molecule has 0 radical (unpaired) electrons. The summed E-state index contributed by atoms with van der Waals surface area (Å²) < 4.78 is 40.4. The second-order valence-corrected chi connectivity index (χ2v) is 21.6. The summed E-state index contributed by atoms with van der Waals surface area (Å²) in [5.74, 6) is 3.98. The maximum absolute atomic E-state index is 12.6. The van der Waals surface area contributed by atoms with Crippen LogP contribution in [0.2, 0.25) is 0 Å². The van der Waals surface area contributed by atoms with Gasteiger partial charge in [0, 0.05) is 65.9 Å². The number of anilines is 1. The Labute approximate surface area is 529 Å². The quantitative estimate of drug-likeness (QED) is 0.0818. The van der Waals surface area contributed by atoms with Crippen LogP contribution in [0.4, 0.5) is 5.69 Å². The van der Waals surface area contributed by atoms with E-state index < -0.39 is 0 Å². The standard InChI is InChI=1S/C21H29N3O2.3C15H14N4O3/c1-6-26-21(25)18-12-22-19-15(3)10-14(2)11-17(19)20(18)24-9-7-8-16(13-24)23(4)5;1-10-7-8-16-19(15(10)20)9-13-17-14(18-22-13)11-3-5-12(21-2)6-4-11;1-10-7-14(20)19(16-8-10)9-13-17-15(18-22-13)11-5-3-4-6-12(11)21-2;1-10-7-8-16-19(15(10)20)9-13-17-14(18-22-13)11-5-3-4-6-12(11)21-2/h10-12,16H,6-9,13H2,1-5H3;3*3-8H,9H2,1-2H3. The van der Waals surface area contributed by atoms with Gasteiger partial charge in [0.2, 0.25) is 35.1 Å². The van der Waals surface area contributed by atoms with Crippen molar-refractivity contribution in [3.8, 4) is 51.4 Å². The predicted octanol–water partition coefficient (Wildman–Crippen LogP) is 8.53. The lowest BCUT2D eigenvalue weighted by Gasteiger charge is -2.38. The van der Waals surface area contributed by atoms with Crippen LogP contribution in [0.5, 0.6) is 17.2 Å². The van der Waals surface area contributed by atoms with Gasteiger partial charge >= 0.3 is 5.97 Å². The van der Waals surface area contributed by atoms with Crippen LogP contribution in [0.25, 0.3) is 45.1 Å². The van der Waals surface area contributed by atoms with Gasteiger partial charge in [0.15, 0.2) is 0 Å². The van der Waals surface area contributed by atoms with Gasteiger partial charge in [-0.3, -0.25) is 19.4 Å². The summed E-state index contributed by atoms with van der Waals surface area (Å²) in [6, 6.07) is 31.7. The highest BCUT2D eigenvalue weighted by Gasteiger charge is 2.28. The zero-order chi connectivity index (χ0) is 65.4. The first kappa shape index (κ1) is 65.4. The highest BCUT2D eigenvalue weighted by molar-refractivity contribution is 6.06. The molecule has 26 nitrogen and oxygen atoms in total. The molecule has 0 N–H and O–H groups in total. The molecular weight excluding hydrogens is 1180 g/mol. The SMILES string of the molecule is CCOC(=O)c1cnc2c(C)cc(C)cc2c1N1CCCC(N(C)C)C1.COc1ccc(-c2noc(Cn3nccc(C)c3=O)n2)cc1.COc1ccccc1-c1noc(Cn2ncc(C)cc2=O)n1.COc1ccccc1-c1noc(Cn2nccc(C)c2=O)n1. The Morgan fingerprint density at radius 2 is 1.15 bits per heavy atom. The molecule has 1 unspecified atom stereocenters. The molecule has 0 bridgehead atoms. The number of aryl methyl sites for hydroxylation is 5. The summed E-state index contributed by atoms with van der Waals surface area (Å²) in [6.07, 6.45) is 8.72. The first-order chi connectivity index (χ1) is 44.4. The number of benzene rings is 4. The van der Waals surface area contributed by atoms with Crippen molar-refractivity contribution in [3.05, 3.63) is 210 Å². The highest BCUT2D eigenvalue weighted by Crippen LogP contribution is 2.35. The Morgan fingerprint density at radius 1 is 0.609 bits per heavy atom. The molecule has 1 atom stereocenters. The van der Waals surface area contributed by atoms with Crippen LogP contribution in [-0.2, 0) is 24.4 Å². The molecule has 26 heteroatoms. The number of aromatic nitrogens is 13. The largest absolute Gasteiger partial charge is 0.497 e. The third-order valence-corrected chi connectivity index (χ3v) is 14.7. The smallest absolute Gasteiger partial charge is 0.341 e. The average Bonchev–Trinajstić information content (AvgIpc) is 1.46. The third-order valence-electron chi connectivity index (χ3n) is 14.7. The molecular formula is C66H71N15O11. The molecule has 4 aromatic carbocycles. The van der Waals surface area contributed by atoms with E-state index >= 15 is 0 Å². The van der Waals surface area contributed by atoms with Gasteiger partial charge in [-0.2, -0.15) is 30.2 Å². The Balaban J connectivity index is 0.000000145. The van der Waals surface area contributed by atoms with Crippen molar-refractivity contribution in [2.45, 2.75) is 80.1 Å². The van der Waals surface area contributed by atoms with Gasteiger partial charge < -0.3 is 42.3 Å². The van der Waals surface area contributed by atoms with Crippen molar-refractivity contribution in [3.63, 3.8) is 0 Å². The molecule has 1 aliphatic rings.